The number of likely N-dealkylation sites (tertiary alicyclic amines) is 2. The molecule has 4 rings (SSSR count). The summed E-state index contributed by atoms with van der Waals surface area (Å²) in [5, 5.41) is 0. The number of carbonyl (C=O) groups is 1. The van der Waals surface area contributed by atoms with Crippen molar-refractivity contribution >= 4 is 17.7 Å². The molecule has 3 aliphatic heterocycles. The van der Waals surface area contributed by atoms with Crippen LogP contribution in [0.2, 0.25) is 0 Å². The van der Waals surface area contributed by atoms with E-state index in [2.05, 4.69) is 52.8 Å². The second kappa shape index (κ2) is 7.32. The summed E-state index contributed by atoms with van der Waals surface area (Å²) in [4.78, 5) is 18.1. The summed E-state index contributed by atoms with van der Waals surface area (Å²) >= 11 is 2.09. The Hall–Kier alpha value is -1.00. The second-order valence-electron chi connectivity index (χ2n) is 8.16. The number of hydrogen-bond acceptors (Lipinski definition) is 3. The van der Waals surface area contributed by atoms with Gasteiger partial charge in [0.1, 0.15) is 0 Å². The van der Waals surface area contributed by atoms with Gasteiger partial charge in [0.25, 0.3) is 0 Å². The maximum Gasteiger partial charge on any atom is 0.230 e. The summed E-state index contributed by atoms with van der Waals surface area (Å²) in [6, 6.07) is 9.32. The highest BCUT2D eigenvalue weighted by atomic mass is 32.2. The summed E-state index contributed by atoms with van der Waals surface area (Å²) in [7, 11) is 0. The fourth-order valence-corrected chi connectivity index (χ4v) is 6.06. The molecule has 1 atom stereocenters. The average molecular weight is 359 g/mol. The van der Waals surface area contributed by atoms with E-state index in [0.29, 0.717) is 5.91 Å². The summed E-state index contributed by atoms with van der Waals surface area (Å²) in [5.74, 6) is 3.01. The lowest BCUT2D eigenvalue weighted by atomic mass is 9.78. The molecule has 1 unspecified atom stereocenters. The van der Waals surface area contributed by atoms with Crippen LogP contribution >= 0.6 is 11.8 Å². The van der Waals surface area contributed by atoms with Crippen molar-refractivity contribution in [1.29, 1.82) is 0 Å². The van der Waals surface area contributed by atoms with Crippen LogP contribution in [0.15, 0.2) is 24.3 Å². The van der Waals surface area contributed by atoms with Crippen LogP contribution in [-0.2, 0) is 11.3 Å². The smallest absolute Gasteiger partial charge is 0.230 e. The molecule has 4 heteroatoms. The molecule has 136 valence electrons. The zero-order chi connectivity index (χ0) is 17.3. The van der Waals surface area contributed by atoms with Crippen LogP contribution in [0.25, 0.3) is 0 Å². The van der Waals surface area contributed by atoms with E-state index in [4.69, 9.17) is 0 Å². The Bertz CT molecular complexity index is 628. The minimum absolute atomic E-state index is 0.0906. The highest BCUT2D eigenvalue weighted by molar-refractivity contribution is 7.99. The van der Waals surface area contributed by atoms with Crippen LogP contribution in [0, 0.1) is 12.3 Å². The molecular formula is C21H30N2OS. The standard InChI is InChI=1S/C21H30N2OS/c1-17-4-2-5-18(14-17)15-22-10-3-8-21(20(22)24)9-11-23(16-21)19-6-12-25-13-7-19/h2,4-5,14,19H,3,6-13,15-16H2,1H3. The van der Waals surface area contributed by atoms with Crippen molar-refractivity contribution in [3.8, 4) is 0 Å². The summed E-state index contributed by atoms with van der Waals surface area (Å²) in [6.07, 6.45) is 5.93. The first kappa shape index (κ1) is 17.4. The molecular weight excluding hydrogens is 328 g/mol. The Morgan fingerprint density at radius 1 is 1.20 bits per heavy atom. The van der Waals surface area contributed by atoms with E-state index in [9.17, 15) is 4.79 Å². The number of benzene rings is 1. The highest BCUT2D eigenvalue weighted by Crippen LogP contribution is 2.42. The molecule has 0 saturated carbocycles. The monoisotopic (exact) mass is 358 g/mol. The molecule has 25 heavy (non-hydrogen) atoms. The van der Waals surface area contributed by atoms with Crippen molar-refractivity contribution in [1.82, 2.24) is 9.80 Å². The average Bonchev–Trinajstić information content (AvgIpc) is 3.05. The zero-order valence-electron chi connectivity index (χ0n) is 15.4. The third kappa shape index (κ3) is 3.61. The fraction of sp³-hybridized carbons (Fsp3) is 0.667. The van der Waals surface area contributed by atoms with Crippen LogP contribution in [0.1, 0.15) is 43.2 Å². The third-order valence-electron chi connectivity index (χ3n) is 6.37. The first-order valence-corrected chi connectivity index (χ1v) is 11.0. The van der Waals surface area contributed by atoms with Crippen LogP contribution in [0.5, 0.6) is 0 Å². The number of nitrogens with zero attached hydrogens (tertiary/aromatic N) is 2. The predicted octanol–water partition coefficient (Wildman–Crippen LogP) is 3.71. The van der Waals surface area contributed by atoms with Gasteiger partial charge in [0, 0.05) is 25.7 Å². The number of thioether (sulfide) groups is 1. The molecule has 0 aliphatic carbocycles. The van der Waals surface area contributed by atoms with Crippen LogP contribution in [0.3, 0.4) is 0 Å². The first-order valence-electron chi connectivity index (χ1n) is 9.83. The summed E-state index contributed by atoms with van der Waals surface area (Å²) in [6.45, 7) is 5.96. The van der Waals surface area contributed by atoms with Gasteiger partial charge in [-0.25, -0.2) is 0 Å². The van der Waals surface area contributed by atoms with Gasteiger partial charge in [0.15, 0.2) is 0 Å². The van der Waals surface area contributed by atoms with Crippen molar-refractivity contribution in [2.75, 3.05) is 31.1 Å². The minimum atomic E-state index is -0.0906. The molecule has 3 aliphatic rings. The van der Waals surface area contributed by atoms with Crippen LogP contribution < -0.4 is 0 Å². The molecule has 3 saturated heterocycles. The number of hydrogen-bond donors (Lipinski definition) is 0. The Morgan fingerprint density at radius 2 is 2.04 bits per heavy atom. The number of rotatable bonds is 3. The Kier molecular flexibility index (Phi) is 5.10. The van der Waals surface area contributed by atoms with Crippen molar-refractivity contribution in [2.24, 2.45) is 5.41 Å². The maximum atomic E-state index is 13.4. The van der Waals surface area contributed by atoms with Gasteiger partial charge in [-0.3, -0.25) is 9.69 Å². The van der Waals surface area contributed by atoms with E-state index in [-0.39, 0.29) is 5.41 Å². The van der Waals surface area contributed by atoms with Gasteiger partial charge < -0.3 is 4.90 Å². The normalized spacial score (nSPS) is 28.8. The molecule has 1 aromatic rings. The van der Waals surface area contributed by atoms with Crippen molar-refractivity contribution in [2.45, 2.75) is 51.6 Å². The molecule has 0 N–H and O–H groups in total. The van der Waals surface area contributed by atoms with E-state index < -0.39 is 0 Å². The Morgan fingerprint density at radius 3 is 2.84 bits per heavy atom. The van der Waals surface area contributed by atoms with Gasteiger partial charge in [0.2, 0.25) is 5.91 Å². The molecule has 3 nitrogen and oxygen atoms in total. The highest BCUT2D eigenvalue weighted by Gasteiger charge is 2.49. The van der Waals surface area contributed by atoms with Gasteiger partial charge in [-0.2, -0.15) is 11.8 Å². The summed E-state index contributed by atoms with van der Waals surface area (Å²) < 4.78 is 0. The van der Waals surface area contributed by atoms with Gasteiger partial charge in [-0.05, 0) is 62.6 Å². The molecule has 3 heterocycles. The van der Waals surface area contributed by atoms with Crippen LogP contribution in [0.4, 0.5) is 0 Å². The first-order chi connectivity index (χ1) is 12.2. The van der Waals surface area contributed by atoms with Gasteiger partial charge >= 0.3 is 0 Å². The molecule has 0 aromatic heterocycles. The third-order valence-corrected chi connectivity index (χ3v) is 7.42. The molecule has 1 spiro atoms. The zero-order valence-corrected chi connectivity index (χ0v) is 16.2. The number of amides is 1. The van der Waals surface area contributed by atoms with E-state index >= 15 is 0 Å². The molecule has 1 aromatic carbocycles. The molecule has 0 bridgehead atoms. The number of piperidine rings is 1. The van der Waals surface area contributed by atoms with Crippen molar-refractivity contribution in [3.63, 3.8) is 0 Å². The van der Waals surface area contributed by atoms with E-state index in [1.54, 1.807) is 0 Å². The van der Waals surface area contributed by atoms with Gasteiger partial charge in [0.05, 0.1) is 5.41 Å². The van der Waals surface area contributed by atoms with Crippen molar-refractivity contribution < 1.29 is 4.79 Å². The topological polar surface area (TPSA) is 23.6 Å². The lowest BCUT2D eigenvalue weighted by Gasteiger charge is -2.40. The Labute approximate surface area is 156 Å². The fourth-order valence-electron chi connectivity index (χ4n) is 4.98. The summed E-state index contributed by atoms with van der Waals surface area (Å²) in [5.41, 5.74) is 2.45. The van der Waals surface area contributed by atoms with Gasteiger partial charge in [-0.15, -0.1) is 0 Å². The quantitative estimate of drug-likeness (QED) is 0.823. The SMILES string of the molecule is Cc1cccc(CN2CCCC3(CCN(C4CCSCC4)C3)C2=O)c1. The Balaban J connectivity index is 1.44. The minimum Gasteiger partial charge on any atom is -0.338 e. The van der Waals surface area contributed by atoms with Crippen molar-refractivity contribution in [3.05, 3.63) is 35.4 Å². The lowest BCUT2D eigenvalue weighted by molar-refractivity contribution is -0.146. The molecule has 1 amide bonds. The largest absolute Gasteiger partial charge is 0.338 e. The maximum absolute atomic E-state index is 13.4. The number of aryl methyl sites for hydroxylation is 1. The van der Waals surface area contributed by atoms with E-state index in [1.165, 1.54) is 35.5 Å². The molecule has 0 radical (unpaired) electrons. The molecule has 3 fully saturated rings. The van der Waals surface area contributed by atoms with Crippen LogP contribution in [-0.4, -0.2) is 52.9 Å². The second-order valence-corrected chi connectivity index (χ2v) is 9.39. The predicted molar refractivity (Wildman–Crippen MR) is 105 cm³/mol. The lowest BCUT2D eigenvalue weighted by Crippen LogP contribution is -2.50. The van der Waals surface area contributed by atoms with E-state index in [0.717, 1.165) is 51.5 Å². The van der Waals surface area contributed by atoms with Gasteiger partial charge in [-0.1, -0.05) is 29.8 Å². The number of carbonyl (C=O) groups excluding carboxylic acids is 1. The van der Waals surface area contributed by atoms with E-state index in [1.807, 2.05) is 0 Å².